The molecule has 4 aromatic rings. The molecule has 11 heteroatoms. The number of carbonyl (C=O) groups excluding carboxylic acids is 1. The van der Waals surface area contributed by atoms with Crippen LogP contribution < -0.4 is 10.6 Å². The Morgan fingerprint density at radius 2 is 1.65 bits per heavy atom. The van der Waals surface area contributed by atoms with Crippen LogP contribution in [0.1, 0.15) is 36.0 Å². The average Bonchev–Trinajstić information content (AvgIpc) is 2.98. The molecule has 5 rings (SSSR count). The molecule has 208 valence electrons. The van der Waals surface area contributed by atoms with Crippen LogP contribution in [0, 0.1) is 0 Å². The van der Waals surface area contributed by atoms with Crippen molar-refractivity contribution in [3.8, 4) is 11.1 Å². The maximum atomic E-state index is 12.9. The van der Waals surface area contributed by atoms with Crippen molar-refractivity contribution >= 4 is 38.6 Å². The molecule has 0 atom stereocenters. The fourth-order valence-corrected chi connectivity index (χ4v) is 5.71. The first kappa shape index (κ1) is 27.6. The average molecular weight is 561 g/mol. The van der Waals surface area contributed by atoms with E-state index >= 15 is 0 Å². The van der Waals surface area contributed by atoms with E-state index in [4.69, 9.17) is 9.72 Å². The van der Waals surface area contributed by atoms with Crippen molar-refractivity contribution in [3.63, 3.8) is 0 Å². The molecule has 1 amide bonds. The second kappa shape index (κ2) is 11.7. The van der Waals surface area contributed by atoms with E-state index in [1.54, 1.807) is 68.0 Å². The van der Waals surface area contributed by atoms with E-state index in [2.05, 4.69) is 20.6 Å². The molecule has 0 aliphatic heterocycles. The molecule has 2 aromatic heterocycles. The molecule has 0 unspecified atom stereocenters. The monoisotopic (exact) mass is 560 g/mol. The zero-order chi connectivity index (χ0) is 28.3. The topological polar surface area (TPSA) is 126 Å². The van der Waals surface area contributed by atoms with Crippen molar-refractivity contribution in [2.24, 2.45) is 0 Å². The van der Waals surface area contributed by atoms with Gasteiger partial charge in [0.25, 0.3) is 5.91 Å². The quantitative estimate of drug-likeness (QED) is 0.321. The molecule has 1 saturated carbocycles. The van der Waals surface area contributed by atoms with Gasteiger partial charge >= 0.3 is 0 Å². The second-order valence-electron chi connectivity index (χ2n) is 9.96. The largest absolute Gasteiger partial charge is 0.381 e. The van der Waals surface area contributed by atoms with Gasteiger partial charge in [0, 0.05) is 50.8 Å². The van der Waals surface area contributed by atoms with E-state index in [0.717, 1.165) is 31.2 Å². The third-order valence-corrected chi connectivity index (χ3v) is 9.00. The molecule has 10 nitrogen and oxygen atoms in total. The van der Waals surface area contributed by atoms with Gasteiger partial charge in [-0.15, -0.1) is 0 Å². The predicted molar refractivity (Wildman–Crippen MR) is 155 cm³/mol. The minimum atomic E-state index is -3.57. The Bertz CT molecular complexity index is 1600. The summed E-state index contributed by atoms with van der Waals surface area (Å²) in [6.07, 6.45) is 7.41. The molecule has 0 saturated heterocycles. The van der Waals surface area contributed by atoms with Crippen molar-refractivity contribution in [3.05, 3.63) is 72.6 Å². The number of amides is 1. The van der Waals surface area contributed by atoms with Gasteiger partial charge in [-0.05, 0) is 55.5 Å². The summed E-state index contributed by atoms with van der Waals surface area (Å²) in [6, 6.07) is 15.7. The number of rotatable bonds is 8. The third-order valence-electron chi connectivity index (χ3n) is 7.17. The fraction of sp³-hybridized carbons (Fsp3) is 0.310. The van der Waals surface area contributed by atoms with Crippen LogP contribution in [0.15, 0.2) is 71.9 Å². The number of anilines is 2. The van der Waals surface area contributed by atoms with Gasteiger partial charge < -0.3 is 15.4 Å². The highest BCUT2D eigenvalue weighted by Crippen LogP contribution is 2.32. The van der Waals surface area contributed by atoms with Crippen LogP contribution in [0.4, 0.5) is 11.8 Å². The number of hydrogen-bond donors (Lipinski definition) is 2. The van der Waals surface area contributed by atoms with E-state index in [1.165, 1.54) is 18.4 Å². The highest BCUT2D eigenvalue weighted by Gasteiger charge is 2.23. The highest BCUT2D eigenvalue weighted by atomic mass is 32.2. The smallest absolute Gasteiger partial charge is 0.256 e. The van der Waals surface area contributed by atoms with Gasteiger partial charge in [-0.1, -0.05) is 30.3 Å². The number of benzene rings is 2. The van der Waals surface area contributed by atoms with Crippen molar-refractivity contribution in [2.75, 3.05) is 31.8 Å². The van der Waals surface area contributed by atoms with Gasteiger partial charge in [-0.3, -0.25) is 4.79 Å². The minimum absolute atomic E-state index is 0.189. The fourth-order valence-electron chi connectivity index (χ4n) is 4.81. The first-order chi connectivity index (χ1) is 19.3. The molecule has 2 aromatic carbocycles. The standard InChI is InChI=1S/C29H32N6O4S/c1-35(2)40(37,38)23-15-9-19(10-16-23)24-17-30-27(34-28(36)20-7-5-4-6-8-20)25-18-31-29(33-26(24)25)32-21-11-13-22(39-3)14-12-21/h4-10,15-18,21-22H,11-14H2,1-3H3,(H,30,34,36)(H,31,32,33)/t21-,22-. The summed E-state index contributed by atoms with van der Waals surface area (Å²) in [5.74, 6) is 0.525. The first-order valence-corrected chi connectivity index (χ1v) is 14.5. The van der Waals surface area contributed by atoms with Crippen LogP contribution in [-0.4, -0.2) is 66.9 Å². The molecule has 2 heterocycles. The van der Waals surface area contributed by atoms with Crippen LogP contribution >= 0.6 is 0 Å². The Morgan fingerprint density at radius 3 is 2.30 bits per heavy atom. The Morgan fingerprint density at radius 1 is 0.950 bits per heavy atom. The van der Waals surface area contributed by atoms with E-state index in [9.17, 15) is 13.2 Å². The summed E-state index contributed by atoms with van der Waals surface area (Å²) in [7, 11) is 1.17. The molecular formula is C29H32N6O4S. The summed E-state index contributed by atoms with van der Waals surface area (Å²) in [4.78, 5) is 27.0. The maximum Gasteiger partial charge on any atom is 0.256 e. The molecule has 1 aliphatic carbocycles. The Labute approximate surface area is 233 Å². The van der Waals surface area contributed by atoms with E-state index in [1.807, 2.05) is 6.07 Å². The van der Waals surface area contributed by atoms with Crippen LogP contribution in [-0.2, 0) is 14.8 Å². The molecular weight excluding hydrogens is 528 g/mol. The summed E-state index contributed by atoms with van der Waals surface area (Å²) in [5, 5.41) is 6.91. The van der Waals surface area contributed by atoms with Gasteiger partial charge in [0.05, 0.1) is 21.9 Å². The zero-order valence-corrected chi connectivity index (χ0v) is 23.5. The van der Waals surface area contributed by atoms with Crippen LogP contribution in [0.3, 0.4) is 0 Å². The van der Waals surface area contributed by atoms with Crippen molar-refractivity contribution in [1.82, 2.24) is 19.3 Å². The predicted octanol–water partition coefficient (Wildman–Crippen LogP) is 4.56. The first-order valence-electron chi connectivity index (χ1n) is 13.1. The van der Waals surface area contributed by atoms with Gasteiger partial charge in [-0.25, -0.2) is 27.7 Å². The third kappa shape index (κ3) is 5.81. The van der Waals surface area contributed by atoms with Crippen LogP contribution in [0.25, 0.3) is 22.0 Å². The summed E-state index contributed by atoms with van der Waals surface area (Å²) in [5.41, 5.74) is 2.52. The number of ether oxygens (including phenoxy) is 1. The van der Waals surface area contributed by atoms with Crippen molar-refractivity contribution < 1.29 is 17.9 Å². The number of aromatic nitrogens is 3. The molecule has 2 N–H and O–H groups in total. The van der Waals surface area contributed by atoms with Crippen molar-refractivity contribution in [1.29, 1.82) is 0 Å². The molecule has 1 fully saturated rings. The van der Waals surface area contributed by atoms with Gasteiger partial charge in [0.1, 0.15) is 5.82 Å². The number of methoxy groups -OCH3 is 1. The normalized spacial score (nSPS) is 17.6. The molecule has 0 spiro atoms. The van der Waals surface area contributed by atoms with Gasteiger partial charge in [0.2, 0.25) is 16.0 Å². The lowest BCUT2D eigenvalue weighted by molar-refractivity contribution is 0.0681. The van der Waals surface area contributed by atoms with Gasteiger partial charge in [0.15, 0.2) is 0 Å². The SMILES string of the molecule is CO[C@H]1CC[C@H](Nc2ncc3c(NC(=O)c4ccccc4)ncc(-c4ccc(S(=O)(=O)N(C)C)cc4)c3n2)CC1. The molecule has 40 heavy (non-hydrogen) atoms. The zero-order valence-electron chi connectivity index (χ0n) is 22.7. The summed E-state index contributed by atoms with van der Waals surface area (Å²) < 4.78 is 31.8. The Hall–Kier alpha value is -3.93. The molecule has 0 bridgehead atoms. The second-order valence-corrected chi connectivity index (χ2v) is 12.1. The van der Waals surface area contributed by atoms with Crippen LogP contribution in [0.2, 0.25) is 0 Å². The minimum Gasteiger partial charge on any atom is -0.381 e. The molecule has 1 aliphatic rings. The molecule has 0 radical (unpaired) electrons. The number of carbonyl (C=O) groups is 1. The van der Waals surface area contributed by atoms with Crippen molar-refractivity contribution in [2.45, 2.75) is 42.7 Å². The number of hydrogen-bond acceptors (Lipinski definition) is 8. The number of nitrogens with one attached hydrogen (secondary N) is 2. The summed E-state index contributed by atoms with van der Waals surface area (Å²) in [6.45, 7) is 0. The van der Waals surface area contributed by atoms with Crippen LogP contribution in [0.5, 0.6) is 0 Å². The lowest BCUT2D eigenvalue weighted by atomic mass is 9.93. The van der Waals surface area contributed by atoms with E-state index < -0.39 is 10.0 Å². The number of fused-ring (bicyclic) bond motifs is 1. The number of nitrogens with zero attached hydrogens (tertiary/aromatic N) is 4. The maximum absolute atomic E-state index is 12.9. The van der Waals surface area contributed by atoms with Gasteiger partial charge in [-0.2, -0.15) is 0 Å². The highest BCUT2D eigenvalue weighted by molar-refractivity contribution is 7.89. The Kier molecular flexibility index (Phi) is 8.06. The number of sulfonamides is 1. The lowest BCUT2D eigenvalue weighted by Gasteiger charge is -2.28. The van der Waals surface area contributed by atoms with E-state index in [0.29, 0.717) is 33.8 Å². The lowest BCUT2D eigenvalue weighted by Crippen LogP contribution is -2.29. The van der Waals surface area contributed by atoms with E-state index in [-0.39, 0.29) is 22.9 Å². The number of pyridine rings is 1. The Balaban J connectivity index is 1.52. The summed E-state index contributed by atoms with van der Waals surface area (Å²) >= 11 is 0.